The molecule has 1 fully saturated rings. The summed E-state index contributed by atoms with van der Waals surface area (Å²) in [6.07, 6.45) is 0.987. The van der Waals surface area contributed by atoms with Gasteiger partial charge in [0.25, 0.3) is 0 Å². The number of carbonyl (C=O) groups is 1. The van der Waals surface area contributed by atoms with Crippen LogP contribution in [0.15, 0.2) is 42.5 Å². The number of Topliss-reactive ketones (excluding diaryl/α,β-unsaturated/α-hetero) is 1. The number of benzene rings is 2. The Kier molecular flexibility index (Phi) is 4.09. The van der Waals surface area contributed by atoms with Crippen LogP contribution in [-0.2, 0) is 4.74 Å². The van der Waals surface area contributed by atoms with E-state index in [4.69, 9.17) is 21.1 Å². The lowest BCUT2D eigenvalue weighted by atomic mass is 9.66. The zero-order valence-corrected chi connectivity index (χ0v) is 15.2. The van der Waals surface area contributed by atoms with Gasteiger partial charge in [-0.05, 0) is 41.8 Å². The van der Waals surface area contributed by atoms with Crippen molar-refractivity contribution < 1.29 is 14.3 Å². The van der Waals surface area contributed by atoms with Gasteiger partial charge in [0, 0.05) is 21.9 Å². The molecule has 1 aliphatic heterocycles. The Morgan fingerprint density at radius 3 is 2.60 bits per heavy atom. The van der Waals surface area contributed by atoms with Crippen molar-refractivity contribution in [1.82, 2.24) is 0 Å². The lowest BCUT2D eigenvalue weighted by molar-refractivity contribution is 0.0801. The topological polar surface area (TPSA) is 38.8 Å². The normalized spacial score (nSPS) is 23.9. The molecule has 130 valence electrons. The Labute approximate surface area is 152 Å². The Morgan fingerprint density at radius 1 is 1.20 bits per heavy atom. The molecule has 0 amide bonds. The second kappa shape index (κ2) is 6.15. The number of hydrogen-bond donors (Lipinski definition) is 0. The zero-order chi connectivity index (χ0) is 17.6. The molecule has 2 aromatic carbocycles. The van der Waals surface area contributed by atoms with E-state index in [0.717, 1.165) is 34.9 Å². The summed E-state index contributed by atoms with van der Waals surface area (Å²) in [6.45, 7) is 5.34. The molecule has 4 heteroatoms. The van der Waals surface area contributed by atoms with Crippen LogP contribution in [0, 0.1) is 5.41 Å². The molecule has 25 heavy (non-hydrogen) atoms. The molecule has 0 aromatic heterocycles. The van der Waals surface area contributed by atoms with Crippen LogP contribution in [-0.4, -0.2) is 25.1 Å². The maximum atomic E-state index is 13.0. The summed E-state index contributed by atoms with van der Waals surface area (Å²) < 4.78 is 11.0. The third-order valence-corrected chi connectivity index (χ3v) is 5.34. The highest BCUT2D eigenvalue weighted by atomic mass is 35.5. The molecule has 0 spiro atoms. The van der Waals surface area contributed by atoms with Crippen LogP contribution in [0.2, 0.25) is 5.02 Å². The molecule has 0 bridgehead atoms. The van der Waals surface area contributed by atoms with Crippen LogP contribution < -0.4 is 4.74 Å². The number of hydrogen-bond acceptors (Lipinski definition) is 3. The molecule has 3 nitrogen and oxygen atoms in total. The van der Waals surface area contributed by atoms with Crippen molar-refractivity contribution in [2.75, 3.05) is 13.2 Å². The highest BCUT2D eigenvalue weighted by Gasteiger charge is 2.40. The minimum absolute atomic E-state index is 0.181. The van der Waals surface area contributed by atoms with Gasteiger partial charge in [-0.25, -0.2) is 0 Å². The van der Waals surface area contributed by atoms with E-state index >= 15 is 0 Å². The highest BCUT2D eigenvalue weighted by Crippen LogP contribution is 2.46. The number of ketones is 1. The predicted octanol–water partition coefficient (Wildman–Crippen LogP) is 4.86. The fourth-order valence-electron chi connectivity index (χ4n) is 3.55. The standard InChI is InChI=1S/C21H21ClO3/c1-21(2)10-19(13-3-5-14(22)6-4-13)17-8-7-15(9-18(17)20(21)23)24-11-16-12-25-16/h3-9,16,19H,10-12H2,1-2H3. The molecule has 0 N–H and O–H groups in total. The SMILES string of the molecule is CC1(C)CC(c2ccc(Cl)cc2)c2ccc(OCC3CO3)cc2C1=O. The quantitative estimate of drug-likeness (QED) is 0.734. The molecular formula is C21H21ClO3. The van der Waals surface area contributed by atoms with Crippen molar-refractivity contribution in [2.45, 2.75) is 32.3 Å². The van der Waals surface area contributed by atoms with E-state index in [1.54, 1.807) is 0 Å². The predicted molar refractivity (Wildman–Crippen MR) is 97.7 cm³/mol. The first kappa shape index (κ1) is 16.6. The number of epoxide rings is 1. The number of fused-ring (bicyclic) bond motifs is 1. The number of rotatable bonds is 4. The van der Waals surface area contributed by atoms with Crippen molar-refractivity contribution in [3.8, 4) is 5.75 Å². The molecule has 1 saturated heterocycles. The summed E-state index contributed by atoms with van der Waals surface area (Å²) in [7, 11) is 0. The van der Waals surface area contributed by atoms with E-state index in [0.29, 0.717) is 6.61 Å². The van der Waals surface area contributed by atoms with Crippen LogP contribution in [0.25, 0.3) is 0 Å². The summed E-state index contributed by atoms with van der Waals surface area (Å²) in [5, 5.41) is 0.723. The number of halogens is 1. The van der Waals surface area contributed by atoms with Gasteiger partial charge in [0.1, 0.15) is 18.5 Å². The molecule has 0 radical (unpaired) electrons. The average Bonchev–Trinajstić information content (AvgIpc) is 3.41. The van der Waals surface area contributed by atoms with Gasteiger partial charge in [0.15, 0.2) is 5.78 Å². The second-order valence-corrected chi connectivity index (χ2v) is 7.97. The van der Waals surface area contributed by atoms with Gasteiger partial charge >= 0.3 is 0 Å². The van der Waals surface area contributed by atoms with E-state index in [-0.39, 0.29) is 17.8 Å². The maximum absolute atomic E-state index is 13.0. The van der Waals surface area contributed by atoms with E-state index in [2.05, 4.69) is 12.1 Å². The van der Waals surface area contributed by atoms with Crippen molar-refractivity contribution >= 4 is 17.4 Å². The van der Waals surface area contributed by atoms with Crippen LogP contribution in [0.1, 0.15) is 47.7 Å². The van der Waals surface area contributed by atoms with Crippen molar-refractivity contribution in [1.29, 1.82) is 0 Å². The van der Waals surface area contributed by atoms with Crippen molar-refractivity contribution in [3.63, 3.8) is 0 Å². The lowest BCUT2D eigenvalue weighted by Crippen LogP contribution is -2.33. The molecule has 2 aliphatic rings. The first-order valence-electron chi connectivity index (χ1n) is 8.63. The summed E-state index contributed by atoms with van der Waals surface area (Å²) in [5.74, 6) is 1.09. The van der Waals surface area contributed by atoms with Crippen molar-refractivity contribution in [3.05, 3.63) is 64.2 Å². The van der Waals surface area contributed by atoms with Gasteiger partial charge in [-0.3, -0.25) is 4.79 Å². The summed E-state index contributed by atoms with van der Waals surface area (Å²) in [6, 6.07) is 13.8. The third kappa shape index (κ3) is 3.31. The fraction of sp³-hybridized carbons (Fsp3) is 0.381. The summed E-state index contributed by atoms with van der Waals surface area (Å²) >= 11 is 6.04. The minimum atomic E-state index is -0.407. The zero-order valence-electron chi connectivity index (χ0n) is 14.4. The molecule has 4 rings (SSSR count). The molecule has 0 saturated carbocycles. The van der Waals surface area contributed by atoms with Gasteiger partial charge in [0.2, 0.25) is 0 Å². The van der Waals surface area contributed by atoms with Crippen LogP contribution in [0.4, 0.5) is 0 Å². The maximum Gasteiger partial charge on any atom is 0.168 e. The fourth-order valence-corrected chi connectivity index (χ4v) is 3.68. The van der Waals surface area contributed by atoms with Gasteiger partial charge in [0.05, 0.1) is 6.61 Å². The largest absolute Gasteiger partial charge is 0.491 e. The Morgan fingerprint density at radius 2 is 1.92 bits per heavy atom. The summed E-state index contributed by atoms with van der Waals surface area (Å²) in [5.41, 5.74) is 2.62. The molecule has 1 aliphatic carbocycles. The van der Waals surface area contributed by atoms with E-state index < -0.39 is 5.41 Å². The Balaban J connectivity index is 1.72. The monoisotopic (exact) mass is 356 g/mol. The first-order valence-corrected chi connectivity index (χ1v) is 9.00. The van der Waals surface area contributed by atoms with Gasteiger partial charge in [-0.2, -0.15) is 0 Å². The third-order valence-electron chi connectivity index (χ3n) is 5.08. The second-order valence-electron chi connectivity index (χ2n) is 7.54. The molecular weight excluding hydrogens is 336 g/mol. The van der Waals surface area contributed by atoms with Gasteiger partial charge in [-0.1, -0.05) is 43.6 Å². The van der Waals surface area contributed by atoms with Crippen LogP contribution in [0.3, 0.4) is 0 Å². The van der Waals surface area contributed by atoms with Gasteiger partial charge < -0.3 is 9.47 Å². The minimum Gasteiger partial charge on any atom is -0.491 e. The van der Waals surface area contributed by atoms with E-state index in [1.165, 1.54) is 5.56 Å². The highest BCUT2D eigenvalue weighted by molar-refractivity contribution is 6.30. The molecule has 2 unspecified atom stereocenters. The van der Waals surface area contributed by atoms with E-state index in [9.17, 15) is 4.79 Å². The number of carbonyl (C=O) groups excluding carboxylic acids is 1. The van der Waals surface area contributed by atoms with E-state index in [1.807, 2.05) is 44.2 Å². The number of ether oxygens (including phenoxy) is 2. The van der Waals surface area contributed by atoms with Crippen molar-refractivity contribution in [2.24, 2.45) is 5.41 Å². The average molecular weight is 357 g/mol. The Bertz CT molecular complexity index is 806. The molecule has 2 atom stereocenters. The Hall–Kier alpha value is -1.84. The van der Waals surface area contributed by atoms with Crippen LogP contribution in [0.5, 0.6) is 5.75 Å². The molecule has 1 heterocycles. The molecule has 2 aromatic rings. The van der Waals surface area contributed by atoms with Gasteiger partial charge in [-0.15, -0.1) is 0 Å². The first-order chi connectivity index (χ1) is 11.9. The smallest absolute Gasteiger partial charge is 0.168 e. The lowest BCUT2D eigenvalue weighted by Gasteiger charge is -2.36. The van der Waals surface area contributed by atoms with Crippen LogP contribution >= 0.6 is 11.6 Å². The summed E-state index contributed by atoms with van der Waals surface area (Å²) in [4.78, 5) is 13.0.